The fraction of sp³-hybridized carbons (Fsp3) is 1.00. The molecule has 0 rings (SSSR count). The lowest BCUT2D eigenvalue weighted by molar-refractivity contribution is 0.0105. The van der Waals surface area contributed by atoms with Gasteiger partial charge in [-0.2, -0.15) is 0 Å². The molecule has 0 aliphatic rings. The fourth-order valence-electron chi connectivity index (χ4n) is 1.20. The number of hydrogen-bond acceptors (Lipinski definition) is 3. The Morgan fingerprint density at radius 2 is 2.00 bits per heavy atom. The number of hydrogen-bond donors (Lipinski definition) is 0. The van der Waals surface area contributed by atoms with Gasteiger partial charge in [0, 0.05) is 20.8 Å². The third kappa shape index (κ3) is 5.52. The van der Waals surface area contributed by atoms with Crippen LogP contribution in [0.4, 0.5) is 0 Å². The minimum absolute atomic E-state index is 0.201. The monoisotopic (exact) mass is 175 g/mol. The van der Waals surface area contributed by atoms with Crippen LogP contribution < -0.4 is 0 Å². The average molecular weight is 175 g/mol. The van der Waals surface area contributed by atoms with Crippen LogP contribution >= 0.6 is 0 Å². The van der Waals surface area contributed by atoms with Crippen molar-refractivity contribution in [3.8, 4) is 0 Å². The zero-order valence-corrected chi connectivity index (χ0v) is 8.67. The molecule has 0 N–H and O–H groups in total. The number of nitrogens with zero attached hydrogens (tertiary/aromatic N) is 1. The van der Waals surface area contributed by atoms with E-state index >= 15 is 0 Å². The van der Waals surface area contributed by atoms with E-state index < -0.39 is 0 Å². The number of rotatable bonds is 7. The van der Waals surface area contributed by atoms with Gasteiger partial charge in [-0.25, -0.2) is 0 Å². The van der Waals surface area contributed by atoms with E-state index in [1.54, 1.807) is 14.2 Å². The summed E-state index contributed by atoms with van der Waals surface area (Å²) < 4.78 is 10.3. The largest absolute Gasteiger partial charge is 0.382 e. The van der Waals surface area contributed by atoms with E-state index in [-0.39, 0.29) is 6.10 Å². The van der Waals surface area contributed by atoms with Crippen LogP contribution in [-0.4, -0.2) is 52.0 Å². The molecular formula is C9H21NO2. The van der Waals surface area contributed by atoms with Gasteiger partial charge in [0.1, 0.15) is 0 Å². The third-order valence-corrected chi connectivity index (χ3v) is 1.81. The first-order valence-corrected chi connectivity index (χ1v) is 4.44. The molecule has 12 heavy (non-hydrogen) atoms. The van der Waals surface area contributed by atoms with Crippen molar-refractivity contribution in [1.29, 1.82) is 0 Å². The molecule has 0 heterocycles. The van der Waals surface area contributed by atoms with Crippen molar-refractivity contribution in [2.45, 2.75) is 19.4 Å². The molecule has 1 unspecified atom stereocenters. The number of ether oxygens (including phenoxy) is 2. The molecule has 0 aromatic rings. The maximum atomic E-state index is 5.24. The molecule has 74 valence electrons. The minimum Gasteiger partial charge on any atom is -0.382 e. The minimum atomic E-state index is 0.201. The van der Waals surface area contributed by atoms with Crippen molar-refractivity contribution in [3.05, 3.63) is 0 Å². The van der Waals surface area contributed by atoms with E-state index in [4.69, 9.17) is 9.47 Å². The maximum absolute atomic E-state index is 5.24. The highest BCUT2D eigenvalue weighted by atomic mass is 16.5. The molecule has 0 aliphatic heterocycles. The highest BCUT2D eigenvalue weighted by Gasteiger charge is 2.08. The van der Waals surface area contributed by atoms with Crippen LogP contribution in [0.15, 0.2) is 0 Å². The van der Waals surface area contributed by atoms with Crippen LogP contribution in [0.1, 0.15) is 13.3 Å². The molecule has 0 spiro atoms. The molecule has 0 radical (unpaired) electrons. The van der Waals surface area contributed by atoms with Crippen LogP contribution in [-0.2, 0) is 9.47 Å². The molecular weight excluding hydrogens is 154 g/mol. The van der Waals surface area contributed by atoms with Gasteiger partial charge in [0.15, 0.2) is 0 Å². The molecule has 0 aromatic heterocycles. The lowest BCUT2D eigenvalue weighted by Crippen LogP contribution is -2.33. The second kappa shape index (κ2) is 7.53. The van der Waals surface area contributed by atoms with Gasteiger partial charge in [-0.1, -0.05) is 6.92 Å². The first-order chi connectivity index (χ1) is 5.74. The molecule has 0 fully saturated rings. The van der Waals surface area contributed by atoms with Gasteiger partial charge in [-0.05, 0) is 20.0 Å². The van der Waals surface area contributed by atoms with Gasteiger partial charge in [0.2, 0.25) is 0 Å². The summed E-state index contributed by atoms with van der Waals surface area (Å²) in [6.45, 7) is 4.90. The van der Waals surface area contributed by atoms with E-state index in [1.807, 2.05) is 0 Å². The summed E-state index contributed by atoms with van der Waals surface area (Å²) in [7, 11) is 5.53. The highest BCUT2D eigenvalue weighted by molar-refractivity contribution is 4.61. The summed E-state index contributed by atoms with van der Waals surface area (Å²) in [5, 5.41) is 0. The van der Waals surface area contributed by atoms with Crippen molar-refractivity contribution >= 4 is 0 Å². The first-order valence-electron chi connectivity index (χ1n) is 4.44. The summed E-state index contributed by atoms with van der Waals surface area (Å²) in [6, 6.07) is 0. The summed E-state index contributed by atoms with van der Waals surface area (Å²) in [5.41, 5.74) is 0. The van der Waals surface area contributed by atoms with E-state index in [0.29, 0.717) is 6.61 Å². The quantitative estimate of drug-likeness (QED) is 0.576. The van der Waals surface area contributed by atoms with Gasteiger partial charge in [0.05, 0.1) is 12.7 Å². The number of methoxy groups -OCH3 is 2. The van der Waals surface area contributed by atoms with Crippen LogP contribution in [0, 0.1) is 0 Å². The van der Waals surface area contributed by atoms with Crippen LogP contribution in [0.2, 0.25) is 0 Å². The van der Waals surface area contributed by atoms with Crippen LogP contribution in [0.5, 0.6) is 0 Å². The molecule has 0 aromatic carbocycles. The second-order valence-electron chi connectivity index (χ2n) is 3.08. The lowest BCUT2D eigenvalue weighted by atomic mass is 10.3. The van der Waals surface area contributed by atoms with Gasteiger partial charge in [0.25, 0.3) is 0 Å². The predicted molar refractivity (Wildman–Crippen MR) is 50.5 cm³/mol. The Morgan fingerprint density at radius 1 is 1.33 bits per heavy atom. The van der Waals surface area contributed by atoms with Gasteiger partial charge < -0.3 is 14.4 Å². The van der Waals surface area contributed by atoms with Crippen molar-refractivity contribution < 1.29 is 9.47 Å². The Labute approximate surface area is 75.6 Å². The first kappa shape index (κ1) is 11.9. The molecule has 0 bridgehead atoms. The average Bonchev–Trinajstić information content (AvgIpc) is 2.04. The van der Waals surface area contributed by atoms with E-state index in [0.717, 1.165) is 13.1 Å². The van der Waals surface area contributed by atoms with Crippen molar-refractivity contribution in [3.63, 3.8) is 0 Å². The summed E-state index contributed by atoms with van der Waals surface area (Å²) in [6.07, 6.45) is 1.38. The van der Waals surface area contributed by atoms with Gasteiger partial charge >= 0.3 is 0 Å². The van der Waals surface area contributed by atoms with Crippen LogP contribution in [0.25, 0.3) is 0 Å². The molecule has 1 atom stereocenters. The van der Waals surface area contributed by atoms with E-state index in [9.17, 15) is 0 Å². The molecule has 0 aliphatic carbocycles. The normalized spacial score (nSPS) is 13.8. The summed E-state index contributed by atoms with van der Waals surface area (Å²) in [4.78, 5) is 2.26. The fourth-order valence-corrected chi connectivity index (χ4v) is 1.20. The van der Waals surface area contributed by atoms with E-state index in [2.05, 4.69) is 18.9 Å². The van der Waals surface area contributed by atoms with E-state index in [1.165, 1.54) is 6.42 Å². The Balaban J connectivity index is 3.53. The Morgan fingerprint density at radius 3 is 2.42 bits per heavy atom. The molecule has 3 nitrogen and oxygen atoms in total. The van der Waals surface area contributed by atoms with Crippen molar-refractivity contribution in [2.24, 2.45) is 0 Å². The Bertz CT molecular complexity index is 98.5. The maximum Gasteiger partial charge on any atom is 0.0930 e. The number of likely N-dealkylation sites (N-methyl/N-ethyl adjacent to an activating group) is 1. The van der Waals surface area contributed by atoms with Crippen LogP contribution in [0.3, 0.4) is 0 Å². The third-order valence-electron chi connectivity index (χ3n) is 1.81. The highest BCUT2D eigenvalue weighted by Crippen LogP contribution is 1.95. The van der Waals surface area contributed by atoms with Crippen molar-refractivity contribution in [2.75, 3.05) is 41.0 Å². The SMILES string of the molecule is CCCN(C)CC(COC)OC. The smallest absolute Gasteiger partial charge is 0.0930 e. The Hall–Kier alpha value is -0.120. The zero-order valence-electron chi connectivity index (χ0n) is 8.67. The summed E-state index contributed by atoms with van der Waals surface area (Å²) in [5.74, 6) is 0. The van der Waals surface area contributed by atoms with Gasteiger partial charge in [-0.3, -0.25) is 0 Å². The summed E-state index contributed by atoms with van der Waals surface area (Å²) >= 11 is 0. The van der Waals surface area contributed by atoms with Crippen molar-refractivity contribution in [1.82, 2.24) is 4.90 Å². The predicted octanol–water partition coefficient (Wildman–Crippen LogP) is 0.990. The van der Waals surface area contributed by atoms with Gasteiger partial charge in [-0.15, -0.1) is 0 Å². The lowest BCUT2D eigenvalue weighted by Gasteiger charge is -2.21. The molecule has 3 heteroatoms. The Kier molecular flexibility index (Phi) is 7.45. The topological polar surface area (TPSA) is 21.7 Å². The molecule has 0 amide bonds. The second-order valence-corrected chi connectivity index (χ2v) is 3.08. The standard InChI is InChI=1S/C9H21NO2/c1-5-6-10(2)7-9(12-4)8-11-3/h9H,5-8H2,1-4H3. The zero-order chi connectivity index (χ0) is 9.40. The molecule has 0 saturated carbocycles. The molecule has 0 saturated heterocycles.